The average Bonchev–Trinajstić information content (AvgIpc) is 2.55. The van der Waals surface area contributed by atoms with Gasteiger partial charge in [0.2, 0.25) is 0 Å². The molecule has 108 valence electrons. The first-order valence-corrected chi connectivity index (χ1v) is 6.96. The van der Waals surface area contributed by atoms with Crippen molar-refractivity contribution < 1.29 is 4.79 Å². The lowest BCUT2D eigenvalue weighted by molar-refractivity contribution is 0.0986. The molecule has 0 aliphatic carbocycles. The van der Waals surface area contributed by atoms with Crippen LogP contribution in [0.2, 0.25) is 0 Å². The van der Waals surface area contributed by atoms with E-state index in [0.29, 0.717) is 17.9 Å². The fourth-order valence-electron chi connectivity index (χ4n) is 2.57. The van der Waals surface area contributed by atoms with E-state index >= 15 is 0 Å². The Labute approximate surface area is 124 Å². The Balaban J connectivity index is 1.97. The molecule has 1 aliphatic rings. The van der Waals surface area contributed by atoms with E-state index in [9.17, 15) is 4.79 Å². The molecule has 2 aromatic rings. The van der Waals surface area contributed by atoms with Crippen LogP contribution in [0.1, 0.15) is 10.4 Å². The summed E-state index contributed by atoms with van der Waals surface area (Å²) >= 11 is 0. The molecule has 0 unspecified atom stereocenters. The molecule has 1 amide bonds. The third-order valence-corrected chi connectivity index (χ3v) is 3.75. The topological polar surface area (TPSA) is 48.5 Å². The molecule has 1 aromatic carbocycles. The summed E-state index contributed by atoms with van der Waals surface area (Å²) in [6.45, 7) is 1.51. The molecule has 5 nitrogen and oxygen atoms in total. The van der Waals surface area contributed by atoms with Crippen LogP contribution in [0.25, 0.3) is 0 Å². The van der Waals surface area contributed by atoms with E-state index in [2.05, 4.69) is 15.2 Å². The Morgan fingerprint density at radius 1 is 1.19 bits per heavy atom. The highest BCUT2D eigenvalue weighted by atomic mass is 16.2. The van der Waals surface area contributed by atoms with Crippen LogP contribution in [0.4, 0.5) is 17.2 Å². The van der Waals surface area contributed by atoms with Crippen molar-refractivity contribution in [3.8, 4) is 0 Å². The van der Waals surface area contributed by atoms with Gasteiger partial charge in [-0.15, -0.1) is 0 Å². The zero-order valence-corrected chi connectivity index (χ0v) is 12.2. The van der Waals surface area contributed by atoms with Crippen LogP contribution in [0.15, 0.2) is 42.6 Å². The summed E-state index contributed by atoms with van der Waals surface area (Å²) in [5.74, 6) is 0.706. The molecule has 5 heteroatoms. The summed E-state index contributed by atoms with van der Waals surface area (Å²) in [4.78, 5) is 20.9. The number of aromatic nitrogens is 1. The van der Waals surface area contributed by atoms with Gasteiger partial charge in [0.05, 0.1) is 11.4 Å². The number of hydrogen-bond acceptors (Lipinski definition) is 4. The van der Waals surface area contributed by atoms with Crippen molar-refractivity contribution in [3.05, 3.63) is 48.2 Å². The minimum absolute atomic E-state index is 0.00875. The second-order valence-corrected chi connectivity index (χ2v) is 5.05. The molecule has 0 radical (unpaired) electrons. The van der Waals surface area contributed by atoms with Gasteiger partial charge in [0.25, 0.3) is 5.91 Å². The molecule has 21 heavy (non-hydrogen) atoms. The first kappa shape index (κ1) is 13.4. The lowest BCUT2D eigenvalue weighted by atomic mass is 10.1. The van der Waals surface area contributed by atoms with Gasteiger partial charge in [0.1, 0.15) is 5.82 Å². The summed E-state index contributed by atoms with van der Waals surface area (Å²) in [6, 6.07) is 11.5. The Kier molecular flexibility index (Phi) is 3.48. The number of nitrogens with one attached hydrogen (secondary N) is 1. The van der Waals surface area contributed by atoms with Gasteiger partial charge in [-0.25, -0.2) is 4.98 Å². The van der Waals surface area contributed by atoms with Gasteiger partial charge in [-0.3, -0.25) is 4.79 Å². The van der Waals surface area contributed by atoms with E-state index in [-0.39, 0.29) is 5.91 Å². The highest BCUT2D eigenvalue weighted by Crippen LogP contribution is 2.32. The number of anilines is 3. The maximum atomic E-state index is 12.8. The normalized spacial score (nSPS) is 13.8. The Morgan fingerprint density at radius 3 is 2.71 bits per heavy atom. The summed E-state index contributed by atoms with van der Waals surface area (Å²) < 4.78 is 0. The number of nitrogens with zero attached hydrogens (tertiary/aromatic N) is 3. The average molecular weight is 282 g/mol. The molecule has 0 spiro atoms. The van der Waals surface area contributed by atoms with Crippen molar-refractivity contribution in [2.24, 2.45) is 0 Å². The quantitative estimate of drug-likeness (QED) is 0.917. The molecular weight excluding hydrogens is 264 g/mol. The first-order valence-electron chi connectivity index (χ1n) is 6.96. The number of benzene rings is 1. The largest absolute Gasteiger partial charge is 0.373 e. The molecule has 0 bridgehead atoms. The zero-order chi connectivity index (χ0) is 14.8. The number of para-hydroxylation sites is 2. The fourth-order valence-corrected chi connectivity index (χ4v) is 2.57. The minimum Gasteiger partial charge on any atom is -0.373 e. The van der Waals surface area contributed by atoms with Crippen LogP contribution in [0.3, 0.4) is 0 Å². The van der Waals surface area contributed by atoms with E-state index in [0.717, 1.165) is 17.9 Å². The van der Waals surface area contributed by atoms with Gasteiger partial charge in [0.15, 0.2) is 0 Å². The minimum atomic E-state index is 0.00875. The van der Waals surface area contributed by atoms with E-state index in [1.54, 1.807) is 25.4 Å². The van der Waals surface area contributed by atoms with Crippen LogP contribution in [-0.2, 0) is 0 Å². The van der Waals surface area contributed by atoms with Crippen LogP contribution in [0, 0.1) is 0 Å². The van der Waals surface area contributed by atoms with E-state index < -0.39 is 0 Å². The van der Waals surface area contributed by atoms with Gasteiger partial charge >= 0.3 is 0 Å². The fraction of sp³-hybridized carbons (Fsp3) is 0.250. The zero-order valence-electron chi connectivity index (χ0n) is 12.2. The van der Waals surface area contributed by atoms with Crippen molar-refractivity contribution >= 4 is 23.1 Å². The highest BCUT2D eigenvalue weighted by molar-refractivity contribution is 6.08. The number of pyridine rings is 1. The molecule has 1 N–H and O–H groups in total. The van der Waals surface area contributed by atoms with Gasteiger partial charge in [0, 0.05) is 38.9 Å². The third kappa shape index (κ3) is 2.42. The molecule has 0 saturated heterocycles. The van der Waals surface area contributed by atoms with Crippen molar-refractivity contribution in [3.63, 3.8) is 0 Å². The van der Waals surface area contributed by atoms with Crippen molar-refractivity contribution in [1.82, 2.24) is 4.98 Å². The number of amides is 1. The number of carbonyl (C=O) groups excluding carboxylic acids is 1. The summed E-state index contributed by atoms with van der Waals surface area (Å²) in [5, 5.41) is 2.96. The van der Waals surface area contributed by atoms with Gasteiger partial charge in [-0.2, -0.15) is 0 Å². The van der Waals surface area contributed by atoms with Crippen LogP contribution in [0.5, 0.6) is 0 Å². The van der Waals surface area contributed by atoms with Crippen molar-refractivity contribution in [2.45, 2.75) is 0 Å². The first-order chi connectivity index (χ1) is 10.2. The number of rotatable bonds is 2. The number of carbonyl (C=O) groups is 1. The maximum Gasteiger partial charge on any atom is 0.258 e. The Morgan fingerprint density at radius 2 is 1.95 bits per heavy atom. The molecule has 2 heterocycles. The summed E-state index contributed by atoms with van der Waals surface area (Å²) in [7, 11) is 3.84. The molecule has 0 saturated carbocycles. The molecular formula is C16H18N4O. The maximum absolute atomic E-state index is 12.8. The van der Waals surface area contributed by atoms with Crippen LogP contribution >= 0.6 is 0 Å². The molecule has 1 aliphatic heterocycles. The van der Waals surface area contributed by atoms with Crippen LogP contribution in [-0.4, -0.2) is 38.1 Å². The van der Waals surface area contributed by atoms with E-state index in [1.807, 2.05) is 36.2 Å². The summed E-state index contributed by atoms with van der Waals surface area (Å²) in [6.07, 6.45) is 1.65. The Hall–Kier alpha value is -2.56. The molecule has 0 atom stereocenters. The van der Waals surface area contributed by atoms with Crippen molar-refractivity contribution in [2.75, 3.05) is 42.3 Å². The van der Waals surface area contributed by atoms with Gasteiger partial charge in [-0.05, 0) is 24.3 Å². The predicted octanol–water partition coefficient (Wildman–Crippen LogP) is 2.22. The molecule has 1 aromatic heterocycles. The second-order valence-electron chi connectivity index (χ2n) is 5.05. The lowest BCUT2D eigenvalue weighted by Crippen LogP contribution is -2.42. The monoisotopic (exact) mass is 282 g/mol. The van der Waals surface area contributed by atoms with Crippen molar-refractivity contribution in [1.29, 1.82) is 0 Å². The smallest absolute Gasteiger partial charge is 0.258 e. The number of hydrogen-bond donors (Lipinski definition) is 1. The molecule has 3 rings (SSSR count). The number of fused-ring (bicyclic) bond motifs is 1. The number of likely N-dealkylation sites (N-methyl/N-ethyl adjacent to an activating group) is 1. The Bertz CT molecular complexity index is 671. The predicted molar refractivity (Wildman–Crippen MR) is 85.2 cm³/mol. The van der Waals surface area contributed by atoms with E-state index in [1.165, 1.54) is 0 Å². The summed E-state index contributed by atoms with van der Waals surface area (Å²) in [5.41, 5.74) is 2.69. The van der Waals surface area contributed by atoms with Gasteiger partial charge in [-0.1, -0.05) is 12.1 Å². The highest BCUT2D eigenvalue weighted by Gasteiger charge is 2.25. The van der Waals surface area contributed by atoms with Gasteiger partial charge < -0.3 is 15.1 Å². The van der Waals surface area contributed by atoms with Crippen LogP contribution < -0.4 is 15.1 Å². The lowest BCUT2D eigenvalue weighted by Gasteiger charge is -2.35. The van der Waals surface area contributed by atoms with E-state index in [4.69, 9.17) is 0 Å². The second kappa shape index (κ2) is 5.44. The standard InChI is InChI=1S/C16H18N4O/c1-17-15-11-12(7-8-18-15)16(21)20-10-9-19(2)13-5-3-4-6-14(13)20/h3-8,11H,9-10H2,1-2H3,(H,17,18). The SMILES string of the molecule is CNc1cc(C(=O)N2CCN(C)c3ccccc32)ccn1. The third-order valence-electron chi connectivity index (χ3n) is 3.75. The molecule has 0 fully saturated rings.